The topological polar surface area (TPSA) is 21.3 Å². The zero-order valence-corrected chi connectivity index (χ0v) is 15.1. The van der Waals surface area contributed by atoms with Crippen LogP contribution >= 0.6 is 15.9 Å². The van der Waals surface area contributed by atoms with E-state index in [0.29, 0.717) is 12.1 Å². The molecule has 1 aliphatic carbocycles. The first kappa shape index (κ1) is 16.8. The van der Waals surface area contributed by atoms with E-state index in [1.807, 2.05) is 0 Å². The van der Waals surface area contributed by atoms with Gasteiger partial charge in [-0.05, 0) is 62.8 Å². The summed E-state index contributed by atoms with van der Waals surface area (Å²) in [4.78, 5) is 0. The Bertz CT molecular complexity index is 449. The Hall–Kier alpha value is -0.540. The Morgan fingerprint density at radius 1 is 1.38 bits per heavy atom. The molecule has 3 heteroatoms. The molecule has 0 saturated heterocycles. The summed E-state index contributed by atoms with van der Waals surface area (Å²) in [6.45, 7) is 7.78. The summed E-state index contributed by atoms with van der Waals surface area (Å²) >= 11 is 3.70. The average molecular weight is 354 g/mol. The Labute approximate surface area is 137 Å². The average Bonchev–Trinajstić information content (AvgIpc) is 2.45. The molecule has 1 N–H and O–H groups in total. The van der Waals surface area contributed by atoms with Crippen molar-refractivity contribution < 1.29 is 4.74 Å². The largest absolute Gasteiger partial charge is 0.490 e. The van der Waals surface area contributed by atoms with Gasteiger partial charge in [0.1, 0.15) is 5.75 Å². The predicted octanol–water partition coefficient (Wildman–Crippen LogP) is 5.47. The molecular formula is C18H28BrNO. The molecular weight excluding hydrogens is 326 g/mol. The molecule has 3 atom stereocenters. The van der Waals surface area contributed by atoms with Crippen molar-refractivity contribution in [1.82, 2.24) is 5.32 Å². The van der Waals surface area contributed by atoms with Gasteiger partial charge in [-0.3, -0.25) is 0 Å². The third-order valence-corrected chi connectivity index (χ3v) is 5.02. The van der Waals surface area contributed by atoms with Gasteiger partial charge in [-0.1, -0.05) is 42.3 Å². The molecule has 1 aromatic rings. The van der Waals surface area contributed by atoms with E-state index in [2.05, 4.69) is 60.2 Å². The summed E-state index contributed by atoms with van der Waals surface area (Å²) in [7, 11) is 0. The summed E-state index contributed by atoms with van der Waals surface area (Å²) in [5, 5.41) is 3.53. The van der Waals surface area contributed by atoms with Crippen molar-refractivity contribution in [2.24, 2.45) is 5.92 Å². The first-order valence-electron chi connectivity index (χ1n) is 8.29. The number of benzene rings is 1. The molecule has 3 unspecified atom stereocenters. The minimum Gasteiger partial charge on any atom is -0.490 e. The molecule has 0 aromatic heterocycles. The van der Waals surface area contributed by atoms with Crippen LogP contribution in [0.5, 0.6) is 5.75 Å². The molecule has 0 radical (unpaired) electrons. The molecule has 0 bridgehead atoms. The lowest BCUT2D eigenvalue weighted by Crippen LogP contribution is -2.24. The Morgan fingerprint density at radius 2 is 2.19 bits per heavy atom. The Balaban J connectivity index is 1.98. The second-order valence-electron chi connectivity index (χ2n) is 6.37. The fourth-order valence-corrected chi connectivity index (χ4v) is 3.78. The van der Waals surface area contributed by atoms with Gasteiger partial charge in [0, 0.05) is 10.5 Å². The van der Waals surface area contributed by atoms with Crippen molar-refractivity contribution in [3.05, 3.63) is 28.2 Å². The van der Waals surface area contributed by atoms with Crippen LogP contribution in [-0.4, -0.2) is 12.6 Å². The molecule has 1 aliphatic rings. The van der Waals surface area contributed by atoms with Gasteiger partial charge < -0.3 is 10.1 Å². The molecule has 0 amide bonds. The lowest BCUT2D eigenvalue weighted by Gasteiger charge is -2.27. The maximum absolute atomic E-state index is 6.17. The number of rotatable bonds is 6. The van der Waals surface area contributed by atoms with E-state index < -0.39 is 0 Å². The fourth-order valence-electron chi connectivity index (χ4n) is 3.08. The highest BCUT2D eigenvalue weighted by Gasteiger charge is 2.20. The van der Waals surface area contributed by atoms with Crippen molar-refractivity contribution in [3.63, 3.8) is 0 Å². The van der Waals surface area contributed by atoms with E-state index in [9.17, 15) is 0 Å². The summed E-state index contributed by atoms with van der Waals surface area (Å²) in [6.07, 6.45) is 6.57. The van der Waals surface area contributed by atoms with Crippen molar-refractivity contribution in [3.8, 4) is 5.75 Å². The highest BCUT2D eigenvalue weighted by atomic mass is 79.9. The lowest BCUT2D eigenvalue weighted by atomic mass is 9.89. The van der Waals surface area contributed by atoms with Gasteiger partial charge in [-0.2, -0.15) is 0 Å². The van der Waals surface area contributed by atoms with Gasteiger partial charge in [0.2, 0.25) is 0 Å². The molecule has 118 valence electrons. The zero-order valence-electron chi connectivity index (χ0n) is 13.5. The highest BCUT2D eigenvalue weighted by Crippen LogP contribution is 2.31. The molecule has 1 aromatic carbocycles. The smallest absolute Gasteiger partial charge is 0.120 e. The van der Waals surface area contributed by atoms with E-state index in [1.54, 1.807) is 0 Å². The SMILES string of the molecule is CCCNC(C)c1ccc(OC2CCCC(C)C2)cc1Br. The van der Waals surface area contributed by atoms with Crippen molar-refractivity contribution >= 4 is 15.9 Å². The molecule has 1 fully saturated rings. The predicted molar refractivity (Wildman–Crippen MR) is 92.9 cm³/mol. The molecule has 0 spiro atoms. The number of hydrogen-bond acceptors (Lipinski definition) is 2. The number of hydrogen-bond donors (Lipinski definition) is 1. The molecule has 0 aliphatic heterocycles. The highest BCUT2D eigenvalue weighted by molar-refractivity contribution is 9.10. The van der Waals surface area contributed by atoms with Gasteiger partial charge in [-0.25, -0.2) is 0 Å². The molecule has 2 rings (SSSR count). The van der Waals surface area contributed by atoms with Crippen molar-refractivity contribution in [2.75, 3.05) is 6.54 Å². The summed E-state index contributed by atoms with van der Waals surface area (Å²) in [5.74, 6) is 1.79. The minimum atomic E-state index is 0.364. The first-order valence-corrected chi connectivity index (χ1v) is 9.09. The maximum Gasteiger partial charge on any atom is 0.120 e. The second-order valence-corrected chi connectivity index (χ2v) is 7.23. The first-order chi connectivity index (χ1) is 10.1. The quantitative estimate of drug-likeness (QED) is 0.732. The summed E-state index contributed by atoms with van der Waals surface area (Å²) in [6, 6.07) is 6.78. The number of nitrogens with one attached hydrogen (secondary N) is 1. The van der Waals surface area contributed by atoms with Gasteiger partial charge >= 0.3 is 0 Å². The third kappa shape index (κ3) is 5.00. The standard InChI is InChI=1S/C18H28BrNO/c1-4-10-20-14(3)17-9-8-16(12-18(17)19)21-15-7-5-6-13(2)11-15/h8-9,12-15,20H,4-7,10-11H2,1-3H3. The van der Waals surface area contributed by atoms with Crippen LogP contribution in [0.4, 0.5) is 0 Å². The van der Waals surface area contributed by atoms with Crippen LogP contribution in [-0.2, 0) is 0 Å². The van der Waals surface area contributed by atoms with Crippen LogP contribution in [0.2, 0.25) is 0 Å². The molecule has 1 saturated carbocycles. The van der Waals surface area contributed by atoms with Crippen LogP contribution in [0.15, 0.2) is 22.7 Å². The van der Waals surface area contributed by atoms with Crippen LogP contribution in [0.1, 0.15) is 64.5 Å². The van der Waals surface area contributed by atoms with Crippen LogP contribution in [0.25, 0.3) is 0 Å². The monoisotopic (exact) mass is 353 g/mol. The van der Waals surface area contributed by atoms with Crippen LogP contribution in [0, 0.1) is 5.92 Å². The van der Waals surface area contributed by atoms with E-state index in [0.717, 1.165) is 29.1 Å². The van der Waals surface area contributed by atoms with E-state index >= 15 is 0 Å². The minimum absolute atomic E-state index is 0.364. The Morgan fingerprint density at radius 3 is 2.86 bits per heavy atom. The van der Waals surface area contributed by atoms with Crippen LogP contribution in [0.3, 0.4) is 0 Å². The summed E-state index contributed by atoms with van der Waals surface area (Å²) < 4.78 is 7.31. The van der Waals surface area contributed by atoms with Crippen LogP contribution < -0.4 is 10.1 Å². The normalized spacial score (nSPS) is 23.8. The van der Waals surface area contributed by atoms with Crippen molar-refractivity contribution in [2.45, 2.75) is 65.0 Å². The maximum atomic E-state index is 6.17. The Kier molecular flexibility index (Phi) is 6.56. The number of halogens is 1. The van der Waals surface area contributed by atoms with E-state index in [1.165, 1.54) is 31.2 Å². The molecule has 21 heavy (non-hydrogen) atoms. The summed E-state index contributed by atoms with van der Waals surface area (Å²) in [5.41, 5.74) is 1.30. The van der Waals surface area contributed by atoms with Gasteiger partial charge in [0.05, 0.1) is 6.10 Å². The molecule has 0 heterocycles. The van der Waals surface area contributed by atoms with Gasteiger partial charge in [-0.15, -0.1) is 0 Å². The third-order valence-electron chi connectivity index (χ3n) is 4.33. The molecule has 2 nitrogen and oxygen atoms in total. The lowest BCUT2D eigenvalue weighted by molar-refractivity contribution is 0.129. The number of ether oxygens (including phenoxy) is 1. The van der Waals surface area contributed by atoms with Gasteiger partial charge in [0.15, 0.2) is 0 Å². The van der Waals surface area contributed by atoms with E-state index in [-0.39, 0.29) is 0 Å². The fraction of sp³-hybridized carbons (Fsp3) is 0.667. The van der Waals surface area contributed by atoms with Gasteiger partial charge in [0.25, 0.3) is 0 Å². The zero-order chi connectivity index (χ0) is 15.2. The van der Waals surface area contributed by atoms with Crippen molar-refractivity contribution in [1.29, 1.82) is 0 Å². The van der Waals surface area contributed by atoms with E-state index in [4.69, 9.17) is 4.74 Å². The second kappa shape index (κ2) is 8.19.